The van der Waals surface area contributed by atoms with Crippen LogP contribution in [0.15, 0.2) is 48.5 Å². The molecule has 2 atom stereocenters. The predicted molar refractivity (Wildman–Crippen MR) is 189 cm³/mol. The van der Waals surface area contributed by atoms with E-state index in [2.05, 4.69) is 30.9 Å². The second kappa shape index (κ2) is 13.7. The first kappa shape index (κ1) is 34.2. The van der Waals surface area contributed by atoms with Gasteiger partial charge >= 0.3 is 5.97 Å². The molecule has 0 aliphatic carbocycles. The molecular formula is C38H47ClN4O5. The molecule has 4 aromatic rings. The van der Waals surface area contributed by atoms with E-state index in [0.717, 1.165) is 79.1 Å². The van der Waals surface area contributed by atoms with Crippen LogP contribution >= 0.6 is 11.6 Å². The van der Waals surface area contributed by atoms with Gasteiger partial charge in [0.15, 0.2) is 11.8 Å². The Balaban J connectivity index is 1.54. The van der Waals surface area contributed by atoms with Crippen molar-refractivity contribution >= 4 is 29.0 Å². The SMILES string of the molecule is COC(=O)[C@@H](OC(C)(C)C)c1c(C)nc2cc3nn2c1N1CCC(C)(CC1)OCCCC[C@H](C)Oc1cc(Cl)ccc1-c1cccc-3c1. The number of piperidine rings is 1. The number of aryl methyl sites for hydroxylation is 1. The van der Waals surface area contributed by atoms with Crippen molar-refractivity contribution in [2.24, 2.45) is 0 Å². The van der Waals surface area contributed by atoms with E-state index in [1.165, 1.54) is 7.11 Å². The zero-order valence-electron chi connectivity index (χ0n) is 29.1. The molecule has 3 aliphatic rings. The Hall–Kier alpha value is -3.66. The predicted octanol–water partition coefficient (Wildman–Crippen LogP) is 8.38. The maximum atomic E-state index is 13.4. The summed E-state index contributed by atoms with van der Waals surface area (Å²) in [5.41, 5.74) is 4.82. The lowest BCUT2D eigenvalue weighted by atomic mass is 9.92. The fourth-order valence-electron chi connectivity index (χ4n) is 6.69. The van der Waals surface area contributed by atoms with Gasteiger partial charge in [0.1, 0.15) is 11.6 Å². The summed E-state index contributed by atoms with van der Waals surface area (Å²) < 4.78 is 26.6. The molecule has 48 heavy (non-hydrogen) atoms. The van der Waals surface area contributed by atoms with Gasteiger partial charge in [-0.2, -0.15) is 9.61 Å². The summed E-state index contributed by atoms with van der Waals surface area (Å²) >= 11 is 6.45. The van der Waals surface area contributed by atoms with E-state index in [-0.39, 0.29) is 11.7 Å². The molecule has 6 bridgehead atoms. The normalized spacial score (nSPS) is 21.1. The fourth-order valence-corrected chi connectivity index (χ4v) is 6.86. The first-order chi connectivity index (χ1) is 22.8. The van der Waals surface area contributed by atoms with Gasteiger partial charge < -0.3 is 23.8 Å². The van der Waals surface area contributed by atoms with Gasteiger partial charge in [0.25, 0.3) is 0 Å². The highest BCUT2D eigenvalue weighted by molar-refractivity contribution is 6.30. The van der Waals surface area contributed by atoms with Crippen LogP contribution in [0.2, 0.25) is 5.02 Å². The molecule has 2 aromatic heterocycles. The van der Waals surface area contributed by atoms with Gasteiger partial charge in [-0.15, -0.1) is 0 Å². The molecule has 9 nitrogen and oxygen atoms in total. The summed E-state index contributed by atoms with van der Waals surface area (Å²) in [6.07, 6.45) is 3.54. The average Bonchev–Trinajstić information content (AvgIpc) is 3.46. The molecule has 10 heteroatoms. The smallest absolute Gasteiger partial charge is 0.339 e. The number of esters is 1. The van der Waals surface area contributed by atoms with Crippen LogP contribution in [0.3, 0.4) is 0 Å². The minimum Gasteiger partial charge on any atom is -0.490 e. The molecule has 1 fully saturated rings. The van der Waals surface area contributed by atoms with E-state index in [4.69, 9.17) is 40.6 Å². The number of fused-ring (bicyclic) bond motifs is 8. The first-order valence-corrected chi connectivity index (χ1v) is 17.3. The maximum Gasteiger partial charge on any atom is 0.339 e. The third-order valence-electron chi connectivity index (χ3n) is 9.27. The highest BCUT2D eigenvalue weighted by Gasteiger charge is 2.38. The second-order valence-electron chi connectivity index (χ2n) is 14.3. The van der Waals surface area contributed by atoms with Crippen LogP contribution in [0.1, 0.15) is 84.1 Å². The zero-order chi connectivity index (χ0) is 34.2. The summed E-state index contributed by atoms with van der Waals surface area (Å²) in [7, 11) is 1.39. The molecule has 7 rings (SSSR count). The Morgan fingerprint density at radius 1 is 1.08 bits per heavy atom. The van der Waals surface area contributed by atoms with Crippen molar-refractivity contribution in [3.63, 3.8) is 0 Å². The van der Waals surface area contributed by atoms with Crippen LogP contribution in [0.4, 0.5) is 5.82 Å². The molecule has 3 aliphatic heterocycles. The summed E-state index contributed by atoms with van der Waals surface area (Å²) in [5, 5.41) is 5.79. The van der Waals surface area contributed by atoms with Crippen molar-refractivity contribution in [1.82, 2.24) is 14.6 Å². The zero-order valence-corrected chi connectivity index (χ0v) is 29.9. The number of rotatable bonds is 3. The first-order valence-electron chi connectivity index (χ1n) is 17.0. The summed E-state index contributed by atoms with van der Waals surface area (Å²) in [4.78, 5) is 20.7. The van der Waals surface area contributed by atoms with Crippen molar-refractivity contribution in [3.05, 3.63) is 64.8 Å². The average molecular weight is 675 g/mol. The lowest BCUT2D eigenvalue weighted by Crippen LogP contribution is -2.46. The van der Waals surface area contributed by atoms with Crippen LogP contribution in [0.25, 0.3) is 28.0 Å². The summed E-state index contributed by atoms with van der Waals surface area (Å²) in [6.45, 7) is 14.2. The van der Waals surface area contributed by atoms with Gasteiger partial charge in [-0.1, -0.05) is 29.8 Å². The maximum absolute atomic E-state index is 13.4. The number of aromatic nitrogens is 3. The Morgan fingerprint density at radius 3 is 2.56 bits per heavy atom. The summed E-state index contributed by atoms with van der Waals surface area (Å²) in [5.74, 6) is 1.07. The molecule has 0 saturated carbocycles. The molecule has 0 amide bonds. The lowest BCUT2D eigenvalue weighted by molar-refractivity contribution is -0.164. The van der Waals surface area contributed by atoms with Crippen molar-refractivity contribution in [3.8, 4) is 28.1 Å². The van der Waals surface area contributed by atoms with Crippen LogP contribution in [-0.4, -0.2) is 64.7 Å². The molecule has 0 spiro atoms. The van der Waals surface area contributed by atoms with Crippen molar-refractivity contribution in [2.75, 3.05) is 31.7 Å². The number of ether oxygens (including phenoxy) is 4. The number of benzene rings is 2. The molecule has 256 valence electrons. The minimum atomic E-state index is -0.987. The van der Waals surface area contributed by atoms with E-state index in [9.17, 15) is 4.79 Å². The standard InChI is InChI=1S/C38H47ClN4O5/c1-24-11-8-9-20-46-38(6)16-18-42(19-17-38)35-33(34(36(44)45-7)48-37(3,4)5)25(2)40-32-23-30(41-43(32)35)27-13-10-12-26(21-27)29-15-14-28(39)22-31(29)47-24/h10,12-15,21-24,34H,8-9,11,16-20H2,1-7H3/t24-,34-/m0/s1. The highest BCUT2D eigenvalue weighted by Crippen LogP contribution is 2.40. The third kappa shape index (κ3) is 7.33. The number of hydrogen-bond donors (Lipinski definition) is 0. The number of nitrogens with zero attached hydrogens (tertiary/aromatic N) is 4. The largest absolute Gasteiger partial charge is 0.490 e. The number of carbonyl (C=O) groups is 1. The lowest BCUT2D eigenvalue weighted by Gasteiger charge is -2.41. The van der Waals surface area contributed by atoms with E-state index in [1.54, 1.807) is 0 Å². The van der Waals surface area contributed by atoms with Gasteiger partial charge in [-0.05, 0) is 103 Å². The molecular weight excluding hydrogens is 628 g/mol. The Bertz CT molecular complexity index is 1790. The monoisotopic (exact) mass is 674 g/mol. The topological polar surface area (TPSA) is 87.4 Å². The molecule has 0 radical (unpaired) electrons. The van der Waals surface area contributed by atoms with Gasteiger partial charge in [0, 0.05) is 47.6 Å². The molecule has 2 aromatic carbocycles. The number of halogens is 1. The van der Waals surface area contributed by atoms with E-state index < -0.39 is 17.7 Å². The minimum absolute atomic E-state index is 0.0197. The van der Waals surface area contributed by atoms with Crippen molar-refractivity contribution < 1.29 is 23.7 Å². The van der Waals surface area contributed by atoms with Gasteiger partial charge in [0.2, 0.25) is 0 Å². The highest BCUT2D eigenvalue weighted by atomic mass is 35.5. The Labute approximate surface area is 288 Å². The van der Waals surface area contributed by atoms with Crippen LogP contribution in [-0.2, 0) is 19.0 Å². The van der Waals surface area contributed by atoms with E-state index in [1.807, 2.05) is 68.6 Å². The van der Waals surface area contributed by atoms with Gasteiger partial charge in [-0.3, -0.25) is 0 Å². The van der Waals surface area contributed by atoms with Gasteiger partial charge in [-0.25, -0.2) is 9.78 Å². The van der Waals surface area contributed by atoms with Gasteiger partial charge in [0.05, 0.1) is 35.7 Å². The summed E-state index contributed by atoms with van der Waals surface area (Å²) in [6, 6.07) is 16.1. The number of carbonyl (C=O) groups excluding carboxylic acids is 1. The molecule has 0 unspecified atom stereocenters. The molecule has 0 N–H and O–H groups in total. The number of anilines is 1. The Kier molecular flexibility index (Phi) is 9.76. The van der Waals surface area contributed by atoms with Crippen LogP contribution in [0, 0.1) is 6.92 Å². The molecule has 1 saturated heterocycles. The number of methoxy groups -OCH3 is 1. The van der Waals surface area contributed by atoms with Crippen molar-refractivity contribution in [1.29, 1.82) is 0 Å². The second-order valence-corrected chi connectivity index (χ2v) is 14.7. The van der Waals surface area contributed by atoms with Crippen LogP contribution in [0.5, 0.6) is 5.75 Å². The molecule has 5 heterocycles. The quantitative estimate of drug-likeness (QED) is 0.200. The fraction of sp³-hybridized carbons (Fsp3) is 0.500. The van der Waals surface area contributed by atoms with Crippen LogP contribution < -0.4 is 9.64 Å². The van der Waals surface area contributed by atoms with E-state index >= 15 is 0 Å². The van der Waals surface area contributed by atoms with E-state index in [0.29, 0.717) is 28.5 Å². The Morgan fingerprint density at radius 2 is 1.83 bits per heavy atom. The number of hydrogen-bond acceptors (Lipinski definition) is 8. The third-order valence-corrected chi connectivity index (χ3v) is 9.51. The van der Waals surface area contributed by atoms with Crippen molar-refractivity contribution in [2.45, 2.75) is 97.1 Å².